The molecule has 1 aliphatic heterocycles. The quantitative estimate of drug-likeness (QED) is 0.731. The molecule has 0 radical (unpaired) electrons. The Balaban J connectivity index is 0.00000140. The number of benzene rings is 1. The van der Waals surface area contributed by atoms with E-state index in [1.165, 1.54) is 22.5 Å². The minimum Gasteiger partial charge on any atom is -0.381 e. The first-order chi connectivity index (χ1) is 12.6. The summed E-state index contributed by atoms with van der Waals surface area (Å²) in [6.07, 6.45) is 3.32. The molecule has 2 aliphatic rings. The summed E-state index contributed by atoms with van der Waals surface area (Å²) in [5, 5.41) is 15.9. The molecule has 2 atom stereocenters. The first kappa shape index (κ1) is 23.0. The molecule has 2 fully saturated rings. The number of carbonyl (C=O) groups excluding carboxylic acids is 1. The molecule has 1 saturated carbocycles. The molecule has 4 rings (SSSR count). The molecule has 9 heteroatoms. The van der Waals surface area contributed by atoms with Crippen molar-refractivity contribution in [2.45, 2.75) is 51.1 Å². The SMILES string of the molecule is Cc1nnc(NC(=O)c2ccc(C)c(C3CC3NC3CCOCC3)c2)s1.Cl.Cl. The van der Waals surface area contributed by atoms with E-state index in [9.17, 15) is 4.79 Å². The third-order valence-electron chi connectivity index (χ3n) is 5.15. The zero-order chi connectivity index (χ0) is 18.1. The number of nitrogens with one attached hydrogen (secondary N) is 2. The number of hydrogen-bond donors (Lipinski definition) is 2. The van der Waals surface area contributed by atoms with Crippen molar-refractivity contribution >= 4 is 47.2 Å². The van der Waals surface area contributed by atoms with Gasteiger partial charge in [-0.1, -0.05) is 17.4 Å². The molecule has 154 valence electrons. The molecule has 1 aliphatic carbocycles. The minimum absolute atomic E-state index is 0. The summed E-state index contributed by atoms with van der Waals surface area (Å²) in [6, 6.07) is 7.03. The Morgan fingerprint density at radius 2 is 1.93 bits per heavy atom. The number of aryl methyl sites for hydroxylation is 2. The van der Waals surface area contributed by atoms with Gasteiger partial charge in [0.2, 0.25) is 5.13 Å². The lowest BCUT2D eigenvalue weighted by atomic mass is 10.00. The Labute approximate surface area is 181 Å². The van der Waals surface area contributed by atoms with Gasteiger partial charge in [-0.15, -0.1) is 35.0 Å². The van der Waals surface area contributed by atoms with E-state index in [0.717, 1.165) is 37.5 Å². The number of halogens is 2. The standard InChI is InChI=1S/C19H24N4O2S.2ClH/c1-11-3-4-13(18(24)21-19-23-22-12(2)26-19)9-15(11)16-10-17(16)20-14-5-7-25-8-6-14;;/h3-4,9,14,16-17,20H,5-8,10H2,1-2H3,(H,21,23,24);2*1H. The number of amides is 1. The van der Waals surface area contributed by atoms with Gasteiger partial charge in [0, 0.05) is 36.8 Å². The Bertz CT molecular complexity index is 811. The van der Waals surface area contributed by atoms with Crippen LogP contribution < -0.4 is 10.6 Å². The number of ether oxygens (including phenoxy) is 1. The van der Waals surface area contributed by atoms with Crippen molar-refractivity contribution in [1.82, 2.24) is 15.5 Å². The second-order valence-electron chi connectivity index (χ2n) is 7.15. The van der Waals surface area contributed by atoms with Crippen molar-refractivity contribution in [3.63, 3.8) is 0 Å². The lowest BCUT2D eigenvalue weighted by molar-refractivity contribution is 0.0774. The molecular formula is C19H26Cl2N4O2S. The summed E-state index contributed by atoms with van der Waals surface area (Å²) >= 11 is 1.38. The Hall–Kier alpha value is -1.25. The molecule has 2 heterocycles. The van der Waals surface area contributed by atoms with Gasteiger partial charge in [0.1, 0.15) is 5.01 Å². The summed E-state index contributed by atoms with van der Waals surface area (Å²) in [5.74, 6) is 0.367. The van der Waals surface area contributed by atoms with Gasteiger partial charge in [0.05, 0.1) is 0 Å². The van der Waals surface area contributed by atoms with E-state index in [1.54, 1.807) is 0 Å². The monoisotopic (exact) mass is 444 g/mol. The molecule has 0 spiro atoms. The number of rotatable bonds is 5. The van der Waals surface area contributed by atoms with Crippen LogP contribution in [0.2, 0.25) is 0 Å². The largest absolute Gasteiger partial charge is 0.381 e. The average molecular weight is 445 g/mol. The predicted molar refractivity (Wildman–Crippen MR) is 116 cm³/mol. The molecule has 6 nitrogen and oxygen atoms in total. The number of hydrogen-bond acceptors (Lipinski definition) is 6. The normalized spacial score (nSPS) is 21.4. The highest BCUT2D eigenvalue weighted by Crippen LogP contribution is 2.43. The highest BCUT2D eigenvalue weighted by molar-refractivity contribution is 7.15. The molecule has 2 aromatic rings. The summed E-state index contributed by atoms with van der Waals surface area (Å²) in [6.45, 7) is 5.70. The number of anilines is 1. The highest BCUT2D eigenvalue weighted by Gasteiger charge is 2.40. The summed E-state index contributed by atoms with van der Waals surface area (Å²) in [5.41, 5.74) is 3.19. The van der Waals surface area contributed by atoms with Crippen molar-refractivity contribution in [3.8, 4) is 0 Å². The number of aromatic nitrogens is 2. The minimum atomic E-state index is -0.128. The van der Waals surface area contributed by atoms with E-state index in [-0.39, 0.29) is 30.7 Å². The Kier molecular flexibility index (Phi) is 8.21. The van der Waals surface area contributed by atoms with Crippen molar-refractivity contribution in [2.75, 3.05) is 18.5 Å². The summed E-state index contributed by atoms with van der Waals surface area (Å²) < 4.78 is 5.43. The first-order valence-corrected chi connectivity index (χ1v) is 9.97. The highest BCUT2D eigenvalue weighted by atomic mass is 35.5. The van der Waals surface area contributed by atoms with E-state index < -0.39 is 0 Å². The van der Waals surface area contributed by atoms with Crippen molar-refractivity contribution in [3.05, 3.63) is 39.9 Å². The predicted octanol–water partition coefficient (Wildman–Crippen LogP) is 3.88. The fraction of sp³-hybridized carbons (Fsp3) is 0.526. The Morgan fingerprint density at radius 3 is 2.61 bits per heavy atom. The maximum absolute atomic E-state index is 12.5. The van der Waals surface area contributed by atoms with Gasteiger partial charge < -0.3 is 10.1 Å². The van der Waals surface area contributed by atoms with Crippen LogP contribution in [0.1, 0.15) is 51.7 Å². The fourth-order valence-corrected chi connectivity index (χ4v) is 4.17. The molecule has 1 amide bonds. The smallest absolute Gasteiger partial charge is 0.257 e. The lowest BCUT2D eigenvalue weighted by Gasteiger charge is -2.23. The Morgan fingerprint density at radius 1 is 1.18 bits per heavy atom. The molecule has 1 aromatic carbocycles. The molecule has 1 aromatic heterocycles. The van der Waals surface area contributed by atoms with Crippen LogP contribution in [0.15, 0.2) is 18.2 Å². The van der Waals surface area contributed by atoms with Crippen LogP contribution in [0.4, 0.5) is 5.13 Å². The second-order valence-corrected chi connectivity index (χ2v) is 8.34. The first-order valence-electron chi connectivity index (χ1n) is 9.16. The van der Waals surface area contributed by atoms with Crippen LogP contribution in [-0.4, -0.2) is 41.4 Å². The fourth-order valence-electron chi connectivity index (χ4n) is 3.59. The number of carbonyl (C=O) groups is 1. The van der Waals surface area contributed by atoms with E-state index in [4.69, 9.17) is 4.74 Å². The van der Waals surface area contributed by atoms with Crippen LogP contribution in [0.5, 0.6) is 0 Å². The van der Waals surface area contributed by atoms with Crippen LogP contribution >= 0.6 is 36.2 Å². The van der Waals surface area contributed by atoms with E-state index in [2.05, 4.69) is 27.8 Å². The van der Waals surface area contributed by atoms with Crippen molar-refractivity contribution < 1.29 is 9.53 Å². The molecule has 2 N–H and O–H groups in total. The van der Waals surface area contributed by atoms with Gasteiger partial charge in [-0.05, 0) is 56.4 Å². The average Bonchev–Trinajstić information content (AvgIpc) is 3.27. The van der Waals surface area contributed by atoms with Crippen LogP contribution in [0.3, 0.4) is 0 Å². The summed E-state index contributed by atoms with van der Waals surface area (Å²) in [7, 11) is 0. The zero-order valence-corrected chi connectivity index (χ0v) is 18.4. The van der Waals surface area contributed by atoms with Gasteiger partial charge in [-0.3, -0.25) is 10.1 Å². The molecule has 2 unspecified atom stereocenters. The topological polar surface area (TPSA) is 76.1 Å². The van der Waals surface area contributed by atoms with E-state index >= 15 is 0 Å². The third kappa shape index (κ3) is 5.42. The maximum atomic E-state index is 12.5. The van der Waals surface area contributed by atoms with Gasteiger partial charge in [-0.2, -0.15) is 0 Å². The second kappa shape index (κ2) is 9.98. The van der Waals surface area contributed by atoms with Crippen molar-refractivity contribution in [2.24, 2.45) is 0 Å². The van der Waals surface area contributed by atoms with Gasteiger partial charge in [0.15, 0.2) is 0 Å². The lowest BCUT2D eigenvalue weighted by Crippen LogP contribution is -2.36. The molecule has 1 saturated heterocycles. The van der Waals surface area contributed by atoms with E-state index in [0.29, 0.717) is 28.7 Å². The molecular weight excluding hydrogens is 419 g/mol. The van der Waals surface area contributed by atoms with Gasteiger partial charge in [-0.25, -0.2) is 0 Å². The maximum Gasteiger partial charge on any atom is 0.257 e. The summed E-state index contributed by atoms with van der Waals surface area (Å²) in [4.78, 5) is 12.5. The van der Waals surface area contributed by atoms with Gasteiger partial charge in [0.25, 0.3) is 5.91 Å². The van der Waals surface area contributed by atoms with E-state index in [1.807, 2.05) is 25.1 Å². The molecule has 0 bridgehead atoms. The van der Waals surface area contributed by atoms with Crippen LogP contribution in [0, 0.1) is 13.8 Å². The third-order valence-corrected chi connectivity index (χ3v) is 5.90. The van der Waals surface area contributed by atoms with Crippen LogP contribution in [-0.2, 0) is 4.74 Å². The zero-order valence-electron chi connectivity index (χ0n) is 15.9. The van der Waals surface area contributed by atoms with Crippen molar-refractivity contribution in [1.29, 1.82) is 0 Å². The number of nitrogens with zero attached hydrogens (tertiary/aromatic N) is 2. The van der Waals surface area contributed by atoms with Gasteiger partial charge >= 0.3 is 0 Å². The van der Waals surface area contributed by atoms with Crippen LogP contribution in [0.25, 0.3) is 0 Å². The molecule has 28 heavy (non-hydrogen) atoms.